The fraction of sp³-hybridized carbons (Fsp3) is 0.647. The molecule has 1 saturated carbocycles. The van der Waals surface area contributed by atoms with Crippen LogP contribution in [0.4, 0.5) is 0 Å². The third-order valence-corrected chi connectivity index (χ3v) is 5.23. The molecule has 3 heteroatoms. The number of halogens is 1. The van der Waals surface area contributed by atoms with Crippen LogP contribution in [0.25, 0.3) is 0 Å². The van der Waals surface area contributed by atoms with E-state index < -0.39 is 0 Å². The summed E-state index contributed by atoms with van der Waals surface area (Å²) in [5, 5.41) is 3.53. The lowest BCUT2D eigenvalue weighted by Crippen LogP contribution is -2.31. The van der Waals surface area contributed by atoms with Crippen LogP contribution in [0.1, 0.15) is 38.2 Å². The molecule has 1 N–H and O–H groups in total. The number of nitrogens with one attached hydrogen (secondary N) is 1. The first-order valence-electron chi connectivity index (χ1n) is 7.77. The van der Waals surface area contributed by atoms with Gasteiger partial charge in [0.1, 0.15) is 5.75 Å². The maximum atomic E-state index is 5.36. The minimum Gasteiger partial charge on any atom is -0.497 e. The first-order valence-corrected chi connectivity index (χ1v) is 8.57. The largest absolute Gasteiger partial charge is 0.497 e. The second-order valence-electron chi connectivity index (χ2n) is 5.77. The zero-order valence-electron chi connectivity index (χ0n) is 12.6. The molecule has 2 unspecified atom stereocenters. The Kier molecular flexibility index (Phi) is 6.37. The molecule has 1 fully saturated rings. The van der Waals surface area contributed by atoms with Crippen molar-refractivity contribution in [1.29, 1.82) is 0 Å². The van der Waals surface area contributed by atoms with Crippen LogP contribution in [0.15, 0.2) is 22.7 Å². The molecule has 112 valence electrons. The van der Waals surface area contributed by atoms with Crippen LogP contribution in [0.3, 0.4) is 0 Å². The molecule has 1 aromatic carbocycles. The molecule has 0 bridgehead atoms. The van der Waals surface area contributed by atoms with E-state index in [4.69, 9.17) is 4.74 Å². The van der Waals surface area contributed by atoms with Gasteiger partial charge in [-0.15, -0.1) is 0 Å². The van der Waals surface area contributed by atoms with E-state index >= 15 is 0 Å². The fourth-order valence-electron chi connectivity index (χ4n) is 3.27. The average Bonchev–Trinajstić information content (AvgIpc) is 2.48. The van der Waals surface area contributed by atoms with Crippen molar-refractivity contribution in [1.82, 2.24) is 5.32 Å². The highest BCUT2D eigenvalue weighted by Crippen LogP contribution is 2.34. The van der Waals surface area contributed by atoms with Gasteiger partial charge in [-0.25, -0.2) is 0 Å². The third kappa shape index (κ3) is 4.23. The molecule has 0 radical (unpaired) electrons. The van der Waals surface area contributed by atoms with Crippen LogP contribution in [0.2, 0.25) is 0 Å². The minimum atomic E-state index is 0.797. The highest BCUT2D eigenvalue weighted by molar-refractivity contribution is 9.10. The lowest BCUT2D eigenvalue weighted by Gasteiger charge is -2.32. The van der Waals surface area contributed by atoms with Gasteiger partial charge in [0.25, 0.3) is 0 Å². The summed E-state index contributed by atoms with van der Waals surface area (Å²) >= 11 is 3.69. The SMILES string of the molecule is CCNCC1CCCCC1Cc1cc(OC)ccc1Br. The maximum Gasteiger partial charge on any atom is 0.119 e. The predicted octanol–water partition coefficient (Wildman–Crippen LogP) is 4.42. The van der Waals surface area contributed by atoms with Crippen LogP contribution < -0.4 is 10.1 Å². The highest BCUT2D eigenvalue weighted by atomic mass is 79.9. The van der Waals surface area contributed by atoms with Crippen molar-refractivity contribution in [2.24, 2.45) is 11.8 Å². The first-order chi connectivity index (χ1) is 9.74. The summed E-state index contributed by atoms with van der Waals surface area (Å²) in [6.07, 6.45) is 6.67. The monoisotopic (exact) mass is 339 g/mol. The Morgan fingerprint density at radius 1 is 1.25 bits per heavy atom. The summed E-state index contributed by atoms with van der Waals surface area (Å²) in [5.41, 5.74) is 1.39. The van der Waals surface area contributed by atoms with Gasteiger partial charge in [0.15, 0.2) is 0 Å². The number of rotatable bonds is 6. The van der Waals surface area contributed by atoms with Gasteiger partial charge in [-0.2, -0.15) is 0 Å². The second-order valence-corrected chi connectivity index (χ2v) is 6.63. The van der Waals surface area contributed by atoms with E-state index in [1.54, 1.807) is 7.11 Å². The number of hydrogen-bond acceptors (Lipinski definition) is 2. The van der Waals surface area contributed by atoms with Crippen molar-refractivity contribution < 1.29 is 4.74 Å². The normalized spacial score (nSPS) is 22.8. The maximum absolute atomic E-state index is 5.36. The smallest absolute Gasteiger partial charge is 0.119 e. The number of ether oxygens (including phenoxy) is 1. The zero-order chi connectivity index (χ0) is 14.4. The third-order valence-electron chi connectivity index (χ3n) is 4.46. The molecule has 1 aliphatic rings. The molecule has 0 saturated heterocycles. The predicted molar refractivity (Wildman–Crippen MR) is 88.4 cm³/mol. The van der Waals surface area contributed by atoms with E-state index in [-0.39, 0.29) is 0 Å². The Labute approximate surface area is 131 Å². The Morgan fingerprint density at radius 2 is 2.00 bits per heavy atom. The van der Waals surface area contributed by atoms with Crippen molar-refractivity contribution in [2.75, 3.05) is 20.2 Å². The molecular formula is C17H26BrNO. The molecule has 2 nitrogen and oxygen atoms in total. The summed E-state index contributed by atoms with van der Waals surface area (Å²) < 4.78 is 6.57. The molecule has 2 atom stereocenters. The van der Waals surface area contributed by atoms with Crippen molar-refractivity contribution in [3.8, 4) is 5.75 Å². The van der Waals surface area contributed by atoms with Crippen LogP contribution in [0, 0.1) is 11.8 Å². The van der Waals surface area contributed by atoms with Gasteiger partial charge in [0, 0.05) is 4.47 Å². The van der Waals surface area contributed by atoms with Crippen molar-refractivity contribution in [3.63, 3.8) is 0 Å². The summed E-state index contributed by atoms with van der Waals surface area (Å²) in [7, 11) is 1.74. The molecule has 0 amide bonds. The number of hydrogen-bond donors (Lipinski definition) is 1. The molecule has 0 spiro atoms. The van der Waals surface area contributed by atoms with E-state index in [0.717, 1.165) is 30.6 Å². The molecule has 1 aliphatic carbocycles. The van der Waals surface area contributed by atoms with Crippen molar-refractivity contribution >= 4 is 15.9 Å². The van der Waals surface area contributed by atoms with Gasteiger partial charge in [-0.05, 0) is 68.0 Å². The summed E-state index contributed by atoms with van der Waals surface area (Å²) in [6.45, 7) is 4.44. The molecule has 20 heavy (non-hydrogen) atoms. The van der Waals surface area contributed by atoms with E-state index in [2.05, 4.69) is 40.3 Å². The molecule has 2 rings (SSSR count). The zero-order valence-corrected chi connectivity index (χ0v) is 14.2. The minimum absolute atomic E-state index is 0.797. The van der Waals surface area contributed by atoms with Gasteiger partial charge >= 0.3 is 0 Å². The Hall–Kier alpha value is -0.540. The molecule has 0 heterocycles. The van der Waals surface area contributed by atoms with Gasteiger partial charge in [-0.1, -0.05) is 35.7 Å². The van der Waals surface area contributed by atoms with E-state index in [1.807, 2.05) is 6.07 Å². The molecule has 0 aromatic heterocycles. The van der Waals surface area contributed by atoms with Crippen molar-refractivity contribution in [2.45, 2.75) is 39.0 Å². The summed E-state index contributed by atoms with van der Waals surface area (Å²) in [6, 6.07) is 6.31. The molecule has 0 aliphatic heterocycles. The lowest BCUT2D eigenvalue weighted by molar-refractivity contribution is 0.229. The van der Waals surface area contributed by atoms with Crippen molar-refractivity contribution in [3.05, 3.63) is 28.2 Å². The van der Waals surface area contributed by atoms with Gasteiger partial charge in [0.05, 0.1) is 7.11 Å². The lowest BCUT2D eigenvalue weighted by atomic mass is 9.76. The highest BCUT2D eigenvalue weighted by Gasteiger charge is 2.25. The van der Waals surface area contributed by atoms with Gasteiger partial charge in [0.2, 0.25) is 0 Å². The van der Waals surface area contributed by atoms with Crippen LogP contribution >= 0.6 is 15.9 Å². The van der Waals surface area contributed by atoms with Gasteiger partial charge < -0.3 is 10.1 Å². The number of methoxy groups -OCH3 is 1. The average molecular weight is 340 g/mol. The summed E-state index contributed by atoms with van der Waals surface area (Å²) in [4.78, 5) is 0. The second kappa shape index (κ2) is 8.04. The Morgan fingerprint density at radius 3 is 2.70 bits per heavy atom. The Balaban J connectivity index is 2.05. The van der Waals surface area contributed by atoms with E-state index in [1.165, 1.54) is 42.3 Å². The number of benzene rings is 1. The quantitative estimate of drug-likeness (QED) is 0.828. The molecule has 1 aromatic rings. The fourth-order valence-corrected chi connectivity index (χ4v) is 3.68. The molecular weight excluding hydrogens is 314 g/mol. The first kappa shape index (κ1) is 15.8. The summed E-state index contributed by atoms with van der Waals surface area (Å²) in [5.74, 6) is 2.58. The van der Waals surface area contributed by atoms with Crippen LogP contribution in [-0.2, 0) is 6.42 Å². The Bertz CT molecular complexity index is 421. The van der Waals surface area contributed by atoms with Crippen LogP contribution in [0.5, 0.6) is 5.75 Å². The van der Waals surface area contributed by atoms with E-state index in [0.29, 0.717) is 0 Å². The van der Waals surface area contributed by atoms with Gasteiger partial charge in [-0.3, -0.25) is 0 Å². The topological polar surface area (TPSA) is 21.3 Å². The van der Waals surface area contributed by atoms with E-state index in [9.17, 15) is 0 Å². The standard InChI is InChI=1S/C17H26BrNO/c1-3-19-12-14-7-5-4-6-13(14)10-15-11-16(20-2)8-9-17(15)18/h8-9,11,13-14,19H,3-7,10,12H2,1-2H3. The van der Waals surface area contributed by atoms with Crippen LogP contribution in [-0.4, -0.2) is 20.2 Å².